The average molecular weight is 350 g/mol. The predicted molar refractivity (Wildman–Crippen MR) is 114 cm³/mol. The molecule has 0 saturated heterocycles. The van der Waals surface area contributed by atoms with Crippen LogP contribution < -0.4 is 0 Å². The summed E-state index contributed by atoms with van der Waals surface area (Å²) >= 11 is 0. The van der Waals surface area contributed by atoms with Crippen molar-refractivity contribution in [3.05, 3.63) is 59.9 Å². The largest absolute Gasteiger partial charge is 0.259 e. The Morgan fingerprint density at radius 3 is 2.31 bits per heavy atom. The molecule has 3 aliphatic rings. The summed E-state index contributed by atoms with van der Waals surface area (Å²) in [4.78, 5) is 4.67. The number of nitrogens with zero attached hydrogens (tertiary/aromatic N) is 1. The molecular weight excluding hydrogens is 314 g/mol. The molecule has 1 nitrogen and oxygen atoms in total. The zero-order chi connectivity index (χ0) is 18.5. The van der Waals surface area contributed by atoms with Crippen molar-refractivity contribution in [2.45, 2.75) is 78.6 Å². The second-order valence-electron chi connectivity index (χ2n) is 9.23. The lowest BCUT2D eigenvalue weighted by molar-refractivity contribution is 0.356. The molecule has 1 heteroatoms. The van der Waals surface area contributed by atoms with Crippen molar-refractivity contribution in [2.75, 3.05) is 0 Å². The molecule has 0 N–H and O–H groups in total. The van der Waals surface area contributed by atoms with Gasteiger partial charge in [-0.1, -0.05) is 95.8 Å². The molecule has 0 aromatic carbocycles. The second kappa shape index (κ2) is 8.37. The van der Waals surface area contributed by atoms with E-state index in [1.807, 2.05) is 0 Å². The van der Waals surface area contributed by atoms with Gasteiger partial charge in [-0.3, -0.25) is 4.99 Å². The van der Waals surface area contributed by atoms with Crippen LogP contribution in [-0.2, 0) is 0 Å². The van der Waals surface area contributed by atoms with E-state index in [-0.39, 0.29) is 5.41 Å². The highest BCUT2D eigenvalue weighted by Crippen LogP contribution is 2.46. The fourth-order valence-electron chi connectivity index (χ4n) is 4.25. The van der Waals surface area contributed by atoms with Gasteiger partial charge >= 0.3 is 0 Å². The molecule has 1 atom stereocenters. The van der Waals surface area contributed by atoms with Gasteiger partial charge in [0.15, 0.2) is 0 Å². The lowest BCUT2D eigenvalue weighted by atomic mass is 9.69. The highest BCUT2D eigenvalue weighted by Gasteiger charge is 2.40. The predicted octanol–water partition coefficient (Wildman–Crippen LogP) is 7.49. The number of rotatable bonds is 9. The third kappa shape index (κ3) is 4.55. The molecule has 3 rings (SSSR count). The Kier molecular flexibility index (Phi) is 6.16. The first-order valence-electron chi connectivity index (χ1n) is 10.5. The lowest BCUT2D eigenvalue weighted by Crippen LogP contribution is -2.28. The van der Waals surface area contributed by atoms with E-state index in [9.17, 15) is 0 Å². The quantitative estimate of drug-likeness (QED) is 0.382. The van der Waals surface area contributed by atoms with Crippen molar-refractivity contribution in [2.24, 2.45) is 15.8 Å². The van der Waals surface area contributed by atoms with Crippen molar-refractivity contribution >= 4 is 5.71 Å². The van der Waals surface area contributed by atoms with E-state index in [4.69, 9.17) is 0 Å². The van der Waals surface area contributed by atoms with E-state index < -0.39 is 0 Å². The van der Waals surface area contributed by atoms with Gasteiger partial charge in [0.1, 0.15) is 0 Å². The average Bonchev–Trinajstić information content (AvgIpc) is 2.99. The van der Waals surface area contributed by atoms with Crippen molar-refractivity contribution in [1.82, 2.24) is 0 Å². The van der Waals surface area contributed by atoms with E-state index in [2.05, 4.69) is 74.5 Å². The Morgan fingerprint density at radius 2 is 1.54 bits per heavy atom. The summed E-state index contributed by atoms with van der Waals surface area (Å²) in [5.74, 6) is 0. The molecule has 0 amide bonds. The van der Waals surface area contributed by atoms with Crippen LogP contribution in [0.2, 0.25) is 0 Å². The van der Waals surface area contributed by atoms with Gasteiger partial charge in [0.25, 0.3) is 0 Å². The molecule has 1 unspecified atom stereocenters. The molecule has 1 spiro atoms. The Labute approximate surface area is 160 Å². The molecule has 26 heavy (non-hydrogen) atoms. The van der Waals surface area contributed by atoms with Gasteiger partial charge in [-0.15, -0.1) is 0 Å². The minimum Gasteiger partial charge on any atom is -0.259 e. The summed E-state index contributed by atoms with van der Waals surface area (Å²) in [5.41, 5.74) is 4.49. The smallest absolute Gasteiger partial charge is 0.0759 e. The van der Waals surface area contributed by atoms with Gasteiger partial charge in [-0.05, 0) is 41.9 Å². The summed E-state index contributed by atoms with van der Waals surface area (Å²) in [6.45, 7) is 7.04. The highest BCUT2D eigenvalue weighted by atomic mass is 14.8. The molecule has 0 radical (unpaired) electrons. The van der Waals surface area contributed by atoms with Crippen LogP contribution in [0.1, 0.15) is 78.6 Å². The maximum Gasteiger partial charge on any atom is 0.0759 e. The van der Waals surface area contributed by atoms with Crippen LogP contribution >= 0.6 is 0 Å². The van der Waals surface area contributed by atoms with E-state index in [0.29, 0.717) is 5.41 Å². The van der Waals surface area contributed by atoms with Crippen molar-refractivity contribution in [3.8, 4) is 0 Å². The highest BCUT2D eigenvalue weighted by molar-refractivity contribution is 6.09. The van der Waals surface area contributed by atoms with Crippen LogP contribution in [0.5, 0.6) is 0 Å². The summed E-state index contributed by atoms with van der Waals surface area (Å²) in [7, 11) is 0. The van der Waals surface area contributed by atoms with Crippen LogP contribution in [0.4, 0.5) is 0 Å². The van der Waals surface area contributed by atoms with E-state index in [1.54, 1.807) is 0 Å². The van der Waals surface area contributed by atoms with Crippen LogP contribution in [-0.4, -0.2) is 5.71 Å². The molecule has 0 fully saturated rings. The SMILES string of the molecule is CC(C)(C)CCCCCCCCCC1=CC=CC23C=CC=CC2=NC=C13. The van der Waals surface area contributed by atoms with E-state index >= 15 is 0 Å². The summed E-state index contributed by atoms with van der Waals surface area (Å²) in [6, 6.07) is 0. The Balaban J connectivity index is 1.34. The number of unbranched alkanes of at least 4 members (excludes halogenated alkanes) is 6. The minimum atomic E-state index is -0.0636. The van der Waals surface area contributed by atoms with Gasteiger partial charge in [-0.25, -0.2) is 0 Å². The molecule has 1 aliphatic heterocycles. The first kappa shape index (κ1) is 19.1. The third-order valence-corrected chi connectivity index (χ3v) is 5.80. The summed E-state index contributed by atoms with van der Waals surface area (Å²) in [6.07, 6.45) is 29.8. The van der Waals surface area contributed by atoms with Crippen LogP contribution in [0.25, 0.3) is 0 Å². The van der Waals surface area contributed by atoms with Gasteiger partial charge in [0.05, 0.1) is 11.1 Å². The van der Waals surface area contributed by atoms with Gasteiger partial charge in [0, 0.05) is 6.20 Å². The zero-order valence-electron chi connectivity index (χ0n) is 16.9. The van der Waals surface area contributed by atoms with Gasteiger partial charge < -0.3 is 0 Å². The summed E-state index contributed by atoms with van der Waals surface area (Å²) < 4.78 is 0. The molecule has 0 aromatic heterocycles. The Morgan fingerprint density at radius 1 is 0.846 bits per heavy atom. The number of aliphatic imine (C=N–C) groups is 1. The molecule has 2 aliphatic carbocycles. The van der Waals surface area contributed by atoms with Gasteiger partial charge in [-0.2, -0.15) is 0 Å². The van der Waals surface area contributed by atoms with E-state index in [0.717, 1.165) is 0 Å². The monoisotopic (exact) mass is 349 g/mol. The van der Waals surface area contributed by atoms with Crippen molar-refractivity contribution in [3.63, 3.8) is 0 Å². The molecule has 1 heterocycles. The fourth-order valence-corrected chi connectivity index (χ4v) is 4.25. The first-order valence-corrected chi connectivity index (χ1v) is 10.5. The molecule has 0 saturated carbocycles. The maximum atomic E-state index is 4.67. The van der Waals surface area contributed by atoms with Crippen LogP contribution in [0.3, 0.4) is 0 Å². The van der Waals surface area contributed by atoms with Crippen LogP contribution in [0.15, 0.2) is 64.9 Å². The Bertz CT molecular complexity index is 675. The third-order valence-electron chi connectivity index (χ3n) is 5.80. The standard InChI is InChI=1S/C25H35N/c1-24(2,3)17-11-8-6-4-5-7-9-14-21-15-13-19-25-18-12-10-16-23(25)26-20-22(21)25/h10,12-13,15-16,18-20H,4-9,11,14,17H2,1-3H3. The van der Waals surface area contributed by atoms with Gasteiger partial charge in [0.2, 0.25) is 0 Å². The fraction of sp³-hybridized carbons (Fsp3) is 0.560. The molecule has 0 bridgehead atoms. The minimum absolute atomic E-state index is 0.0636. The number of hydrogen-bond acceptors (Lipinski definition) is 1. The second-order valence-corrected chi connectivity index (χ2v) is 9.23. The first-order chi connectivity index (χ1) is 12.5. The van der Waals surface area contributed by atoms with Crippen molar-refractivity contribution in [1.29, 1.82) is 0 Å². The molecule has 0 aromatic rings. The lowest BCUT2D eigenvalue weighted by Gasteiger charge is -2.32. The van der Waals surface area contributed by atoms with E-state index in [1.165, 1.54) is 74.6 Å². The van der Waals surface area contributed by atoms with Crippen molar-refractivity contribution < 1.29 is 0 Å². The zero-order valence-corrected chi connectivity index (χ0v) is 16.9. The molecular formula is C25H35N. The number of hydrogen-bond donors (Lipinski definition) is 0. The maximum absolute atomic E-state index is 4.67. The summed E-state index contributed by atoms with van der Waals surface area (Å²) in [5, 5.41) is 0. The topological polar surface area (TPSA) is 12.4 Å². The number of allylic oxidation sites excluding steroid dienone is 9. The normalized spacial score (nSPS) is 23.4. The van der Waals surface area contributed by atoms with Crippen LogP contribution in [0, 0.1) is 10.8 Å². The molecule has 140 valence electrons. The Hall–Kier alpha value is -1.63.